The minimum absolute atomic E-state index is 0.0495. The second-order valence-electron chi connectivity index (χ2n) is 2.94. The lowest BCUT2D eigenvalue weighted by Gasteiger charge is -2.00. The first-order valence-electron chi connectivity index (χ1n) is 4.16. The average Bonchev–Trinajstić information content (AvgIpc) is 2.14. The molecular formula is C10H11ClN2O. The number of Topliss-reactive ketones (excluding diaryl/α,β-unsaturated/α-hetero) is 1. The van der Waals surface area contributed by atoms with Crippen molar-refractivity contribution < 1.29 is 4.79 Å². The van der Waals surface area contributed by atoms with Gasteiger partial charge in [0.2, 0.25) is 0 Å². The second kappa shape index (κ2) is 4.77. The Kier molecular flexibility index (Phi) is 3.65. The highest BCUT2D eigenvalue weighted by Crippen LogP contribution is 2.09. The molecule has 0 heterocycles. The van der Waals surface area contributed by atoms with Gasteiger partial charge in [-0.25, -0.2) is 0 Å². The van der Waals surface area contributed by atoms with Crippen molar-refractivity contribution in [1.82, 2.24) is 0 Å². The molecule has 0 atom stereocenters. The predicted molar refractivity (Wildman–Crippen MR) is 58.8 cm³/mol. The predicted octanol–water partition coefficient (Wildman–Crippen LogP) is 2.55. The van der Waals surface area contributed by atoms with Gasteiger partial charge < -0.3 is 0 Å². The third-order valence-corrected chi connectivity index (χ3v) is 1.94. The zero-order valence-corrected chi connectivity index (χ0v) is 8.80. The molecule has 4 heteroatoms. The molecule has 0 saturated heterocycles. The Balaban J connectivity index is 2.71. The molecule has 0 fully saturated rings. The van der Waals surface area contributed by atoms with E-state index < -0.39 is 0 Å². The summed E-state index contributed by atoms with van der Waals surface area (Å²) in [6, 6.07) is 7.63. The van der Waals surface area contributed by atoms with Gasteiger partial charge in [-0.2, -0.15) is 5.10 Å². The fourth-order valence-corrected chi connectivity index (χ4v) is 0.949. The van der Waals surface area contributed by atoms with E-state index in [1.807, 2.05) is 31.2 Å². The van der Waals surface area contributed by atoms with E-state index in [0.29, 0.717) is 0 Å². The van der Waals surface area contributed by atoms with Crippen LogP contribution in [-0.4, -0.2) is 11.0 Å². The number of hydrazone groups is 1. The standard InChI is InChI=1S/C10H11ClN2O/c1-7-4-3-5-9(6-7)12-13-10(11)8(2)14/h3-6,12H,1-2H3/b13-10+. The van der Waals surface area contributed by atoms with E-state index in [2.05, 4.69) is 10.5 Å². The van der Waals surface area contributed by atoms with Gasteiger partial charge in [0.1, 0.15) is 0 Å². The molecule has 0 bridgehead atoms. The van der Waals surface area contributed by atoms with Crippen molar-refractivity contribution in [1.29, 1.82) is 0 Å². The van der Waals surface area contributed by atoms with E-state index in [0.717, 1.165) is 11.3 Å². The van der Waals surface area contributed by atoms with Crippen LogP contribution in [0.1, 0.15) is 12.5 Å². The van der Waals surface area contributed by atoms with Gasteiger partial charge in [-0.05, 0) is 24.6 Å². The number of ketones is 1. The molecule has 1 aromatic carbocycles. The van der Waals surface area contributed by atoms with Gasteiger partial charge >= 0.3 is 0 Å². The molecule has 0 amide bonds. The summed E-state index contributed by atoms with van der Waals surface area (Å²) in [5.41, 5.74) is 4.63. The summed E-state index contributed by atoms with van der Waals surface area (Å²) in [6.07, 6.45) is 0. The SMILES string of the molecule is CC(=O)/C(Cl)=N\Nc1cccc(C)c1. The fraction of sp³-hybridized carbons (Fsp3) is 0.200. The maximum Gasteiger partial charge on any atom is 0.191 e. The van der Waals surface area contributed by atoms with E-state index in [9.17, 15) is 4.79 Å². The van der Waals surface area contributed by atoms with E-state index in [-0.39, 0.29) is 11.0 Å². The number of carbonyl (C=O) groups is 1. The number of hydrogen-bond acceptors (Lipinski definition) is 3. The van der Waals surface area contributed by atoms with Gasteiger partial charge in [0.05, 0.1) is 5.69 Å². The van der Waals surface area contributed by atoms with Crippen LogP contribution in [0, 0.1) is 6.92 Å². The highest BCUT2D eigenvalue weighted by molar-refractivity contribution is 6.82. The monoisotopic (exact) mass is 210 g/mol. The van der Waals surface area contributed by atoms with Crippen LogP contribution in [0.2, 0.25) is 0 Å². The molecule has 0 aliphatic rings. The number of hydrogen-bond donors (Lipinski definition) is 1. The van der Waals surface area contributed by atoms with Crippen LogP contribution in [0.25, 0.3) is 0 Å². The van der Waals surface area contributed by atoms with E-state index in [1.165, 1.54) is 6.92 Å². The highest BCUT2D eigenvalue weighted by atomic mass is 35.5. The minimum Gasteiger partial charge on any atom is -0.292 e. The molecule has 0 aromatic heterocycles. The molecule has 1 N–H and O–H groups in total. The summed E-state index contributed by atoms with van der Waals surface area (Å²) in [5.74, 6) is -0.258. The quantitative estimate of drug-likeness (QED) is 0.615. The zero-order valence-electron chi connectivity index (χ0n) is 8.04. The number of aryl methyl sites for hydroxylation is 1. The number of carbonyl (C=O) groups excluding carboxylic acids is 1. The zero-order chi connectivity index (χ0) is 10.6. The lowest BCUT2D eigenvalue weighted by atomic mass is 10.2. The van der Waals surface area contributed by atoms with Gasteiger partial charge in [0.25, 0.3) is 0 Å². The highest BCUT2D eigenvalue weighted by Gasteiger charge is 1.99. The Morgan fingerprint density at radius 3 is 2.79 bits per heavy atom. The maximum absolute atomic E-state index is 10.7. The Bertz CT molecular complexity index is 374. The van der Waals surface area contributed by atoms with Crippen molar-refractivity contribution >= 4 is 28.2 Å². The summed E-state index contributed by atoms with van der Waals surface area (Å²) in [7, 11) is 0. The molecule has 0 saturated carbocycles. The smallest absolute Gasteiger partial charge is 0.191 e. The molecule has 14 heavy (non-hydrogen) atoms. The summed E-state index contributed by atoms with van der Waals surface area (Å²) in [6.45, 7) is 3.34. The Labute approximate surface area is 87.8 Å². The number of rotatable bonds is 3. The first kappa shape index (κ1) is 10.7. The minimum atomic E-state index is -0.258. The molecule has 74 valence electrons. The lowest BCUT2D eigenvalue weighted by molar-refractivity contribution is -0.110. The maximum atomic E-state index is 10.7. The van der Waals surface area contributed by atoms with Crippen LogP contribution in [0.5, 0.6) is 0 Å². The van der Waals surface area contributed by atoms with E-state index >= 15 is 0 Å². The Hall–Kier alpha value is -1.35. The van der Waals surface area contributed by atoms with Crippen LogP contribution in [0.3, 0.4) is 0 Å². The molecule has 0 aliphatic heterocycles. The van der Waals surface area contributed by atoms with Crippen molar-refractivity contribution in [3.8, 4) is 0 Å². The van der Waals surface area contributed by atoms with Gasteiger partial charge in [0.15, 0.2) is 11.0 Å². The lowest BCUT2D eigenvalue weighted by Crippen LogP contribution is -2.04. The van der Waals surface area contributed by atoms with Gasteiger partial charge in [-0.1, -0.05) is 23.7 Å². The van der Waals surface area contributed by atoms with E-state index in [4.69, 9.17) is 11.6 Å². The third kappa shape index (κ3) is 3.18. The molecule has 0 unspecified atom stereocenters. The summed E-state index contributed by atoms with van der Waals surface area (Å²) in [4.78, 5) is 10.7. The number of nitrogens with one attached hydrogen (secondary N) is 1. The third-order valence-electron chi connectivity index (χ3n) is 1.59. The second-order valence-corrected chi connectivity index (χ2v) is 3.30. The van der Waals surface area contributed by atoms with Crippen LogP contribution in [0.15, 0.2) is 29.4 Å². The van der Waals surface area contributed by atoms with Crippen LogP contribution in [0.4, 0.5) is 5.69 Å². The van der Waals surface area contributed by atoms with Gasteiger partial charge in [-0.3, -0.25) is 10.2 Å². The van der Waals surface area contributed by atoms with Crippen molar-refractivity contribution in [2.75, 3.05) is 5.43 Å². The van der Waals surface area contributed by atoms with Crippen LogP contribution >= 0.6 is 11.6 Å². The van der Waals surface area contributed by atoms with Crippen molar-refractivity contribution in [3.63, 3.8) is 0 Å². The Morgan fingerprint density at radius 2 is 2.21 bits per heavy atom. The van der Waals surface area contributed by atoms with Gasteiger partial charge in [-0.15, -0.1) is 0 Å². The number of anilines is 1. The molecular weight excluding hydrogens is 200 g/mol. The average molecular weight is 211 g/mol. The van der Waals surface area contributed by atoms with Crippen molar-refractivity contribution in [3.05, 3.63) is 29.8 Å². The summed E-state index contributed by atoms with van der Waals surface area (Å²) < 4.78 is 0. The molecule has 1 aromatic rings. The number of nitrogens with zero attached hydrogens (tertiary/aromatic N) is 1. The Morgan fingerprint density at radius 1 is 1.50 bits per heavy atom. The first-order chi connectivity index (χ1) is 6.59. The van der Waals surface area contributed by atoms with E-state index in [1.54, 1.807) is 0 Å². The first-order valence-corrected chi connectivity index (χ1v) is 4.54. The number of benzene rings is 1. The molecule has 0 spiro atoms. The van der Waals surface area contributed by atoms with Gasteiger partial charge in [0, 0.05) is 6.92 Å². The normalized spacial score (nSPS) is 11.2. The molecule has 0 radical (unpaired) electrons. The van der Waals surface area contributed by atoms with Crippen molar-refractivity contribution in [2.45, 2.75) is 13.8 Å². The van der Waals surface area contributed by atoms with Crippen LogP contribution in [-0.2, 0) is 4.79 Å². The number of halogens is 1. The van der Waals surface area contributed by atoms with Crippen LogP contribution < -0.4 is 5.43 Å². The molecule has 3 nitrogen and oxygen atoms in total. The summed E-state index contributed by atoms with van der Waals surface area (Å²) >= 11 is 5.54. The largest absolute Gasteiger partial charge is 0.292 e. The summed E-state index contributed by atoms with van der Waals surface area (Å²) in [5, 5.41) is 3.67. The molecule has 1 rings (SSSR count). The fourth-order valence-electron chi connectivity index (χ4n) is 0.907. The molecule has 0 aliphatic carbocycles. The van der Waals surface area contributed by atoms with Crippen molar-refractivity contribution in [2.24, 2.45) is 5.10 Å². The topological polar surface area (TPSA) is 41.5 Å².